The molecule has 0 bridgehead atoms. The van der Waals surface area contributed by atoms with Gasteiger partial charge >= 0.3 is 0 Å². The minimum Gasteiger partial charge on any atom is -0.316 e. The molecular weight excluding hydrogens is 274 g/mol. The number of nitrogens with one attached hydrogen (secondary N) is 1. The fourth-order valence-electron chi connectivity index (χ4n) is 2.94. The first-order valence-corrected chi connectivity index (χ1v) is 8.45. The van der Waals surface area contributed by atoms with Gasteiger partial charge in [0.2, 0.25) is 0 Å². The number of halogens is 1. The molecule has 0 saturated heterocycles. The minimum absolute atomic E-state index is 0.624. The molecule has 0 radical (unpaired) electrons. The molecule has 1 aromatic carbocycles. The monoisotopic (exact) mass is 297 g/mol. The molecule has 0 spiro atoms. The molecule has 1 saturated carbocycles. The van der Waals surface area contributed by atoms with Crippen LogP contribution in [0.2, 0.25) is 5.02 Å². The molecule has 19 heavy (non-hydrogen) atoms. The average molecular weight is 298 g/mol. The lowest BCUT2D eigenvalue weighted by molar-refractivity contribution is 0.251. The van der Waals surface area contributed by atoms with Gasteiger partial charge in [-0.25, -0.2) is 0 Å². The van der Waals surface area contributed by atoms with Crippen LogP contribution in [0.15, 0.2) is 29.2 Å². The van der Waals surface area contributed by atoms with Gasteiger partial charge in [-0.05, 0) is 56.3 Å². The van der Waals surface area contributed by atoms with Crippen molar-refractivity contribution in [1.29, 1.82) is 0 Å². The van der Waals surface area contributed by atoms with Crippen LogP contribution in [-0.4, -0.2) is 18.3 Å². The van der Waals surface area contributed by atoms with Crippen LogP contribution in [0.3, 0.4) is 0 Å². The summed E-state index contributed by atoms with van der Waals surface area (Å²) in [5, 5.41) is 4.99. The van der Waals surface area contributed by atoms with E-state index >= 15 is 0 Å². The van der Waals surface area contributed by atoms with Crippen LogP contribution in [0.5, 0.6) is 0 Å². The van der Waals surface area contributed by atoms with Crippen LogP contribution in [0.4, 0.5) is 0 Å². The summed E-state index contributed by atoms with van der Waals surface area (Å²) in [6.07, 6.45) is 3.95. The van der Waals surface area contributed by atoms with Gasteiger partial charge in [0, 0.05) is 21.2 Å². The Bertz CT molecular complexity index is 407. The van der Waals surface area contributed by atoms with Gasteiger partial charge in [-0.3, -0.25) is 0 Å². The van der Waals surface area contributed by atoms with Crippen LogP contribution in [0.25, 0.3) is 0 Å². The molecule has 2 rings (SSSR count). The first-order chi connectivity index (χ1) is 9.10. The summed E-state index contributed by atoms with van der Waals surface area (Å²) in [6, 6.07) is 8.86. The quantitative estimate of drug-likeness (QED) is 0.853. The van der Waals surface area contributed by atoms with E-state index in [2.05, 4.69) is 38.3 Å². The van der Waals surface area contributed by atoms with Gasteiger partial charge in [0.1, 0.15) is 0 Å². The molecule has 1 aliphatic rings. The van der Waals surface area contributed by atoms with Crippen molar-refractivity contribution in [3.8, 4) is 0 Å². The van der Waals surface area contributed by atoms with Crippen LogP contribution in [0.1, 0.15) is 33.1 Å². The summed E-state index contributed by atoms with van der Waals surface area (Å²) in [6.45, 7) is 4.71. The largest absolute Gasteiger partial charge is 0.316 e. The zero-order chi connectivity index (χ0) is 13.8. The third kappa shape index (κ3) is 4.14. The highest BCUT2D eigenvalue weighted by atomic mass is 35.5. The molecule has 106 valence electrons. The SMILES string of the molecule is CNC1CCC(C(C)C)CC1Sc1cccc(Cl)c1. The third-order valence-corrected chi connectivity index (χ3v) is 5.81. The van der Waals surface area contributed by atoms with Crippen molar-refractivity contribution in [2.24, 2.45) is 11.8 Å². The molecule has 0 amide bonds. The van der Waals surface area contributed by atoms with Gasteiger partial charge in [-0.1, -0.05) is 31.5 Å². The molecule has 1 aromatic rings. The van der Waals surface area contributed by atoms with Gasteiger partial charge in [0.15, 0.2) is 0 Å². The van der Waals surface area contributed by atoms with E-state index in [0.717, 1.165) is 16.9 Å². The summed E-state index contributed by atoms with van der Waals surface area (Å²) in [7, 11) is 2.09. The van der Waals surface area contributed by atoms with E-state index < -0.39 is 0 Å². The van der Waals surface area contributed by atoms with Crippen molar-refractivity contribution in [3.05, 3.63) is 29.3 Å². The van der Waals surface area contributed by atoms with E-state index in [0.29, 0.717) is 11.3 Å². The van der Waals surface area contributed by atoms with Crippen molar-refractivity contribution in [2.45, 2.75) is 49.3 Å². The van der Waals surface area contributed by atoms with Crippen LogP contribution in [-0.2, 0) is 0 Å². The second kappa shape index (κ2) is 7.01. The Balaban J connectivity index is 2.06. The summed E-state index contributed by atoms with van der Waals surface area (Å²) in [5.41, 5.74) is 0. The van der Waals surface area contributed by atoms with Gasteiger partial charge in [0.25, 0.3) is 0 Å². The highest BCUT2D eigenvalue weighted by Crippen LogP contribution is 2.39. The highest BCUT2D eigenvalue weighted by Gasteiger charge is 2.31. The number of hydrogen-bond donors (Lipinski definition) is 1. The standard InChI is InChI=1S/C16H24ClNS/c1-11(2)12-7-8-15(18-3)16(9-12)19-14-6-4-5-13(17)10-14/h4-6,10-12,15-16,18H,7-9H2,1-3H3. The summed E-state index contributed by atoms with van der Waals surface area (Å²) < 4.78 is 0. The summed E-state index contributed by atoms with van der Waals surface area (Å²) in [4.78, 5) is 1.29. The van der Waals surface area contributed by atoms with Crippen molar-refractivity contribution in [1.82, 2.24) is 5.32 Å². The molecule has 0 aromatic heterocycles. The minimum atomic E-state index is 0.624. The Hall–Kier alpha value is -0.180. The third-order valence-electron chi connectivity index (χ3n) is 4.23. The number of thioether (sulfide) groups is 1. The van der Waals surface area contributed by atoms with Crippen LogP contribution in [0, 0.1) is 11.8 Å². The van der Waals surface area contributed by atoms with Gasteiger partial charge in [0.05, 0.1) is 0 Å². The average Bonchev–Trinajstić information content (AvgIpc) is 2.38. The fourth-order valence-corrected chi connectivity index (χ4v) is 4.68. The molecule has 1 aliphatic carbocycles. The number of rotatable bonds is 4. The lowest BCUT2D eigenvalue weighted by Gasteiger charge is -2.37. The normalized spacial score (nSPS) is 27.7. The van der Waals surface area contributed by atoms with Gasteiger partial charge < -0.3 is 5.32 Å². The number of hydrogen-bond acceptors (Lipinski definition) is 2. The predicted octanol–water partition coefficient (Wildman–Crippen LogP) is 4.84. The molecule has 0 heterocycles. The molecule has 0 aliphatic heterocycles. The molecule has 1 nitrogen and oxygen atoms in total. The predicted molar refractivity (Wildman–Crippen MR) is 86.1 cm³/mol. The Morgan fingerprint density at radius 1 is 1.32 bits per heavy atom. The summed E-state index contributed by atoms with van der Waals surface area (Å²) in [5.74, 6) is 1.65. The fraction of sp³-hybridized carbons (Fsp3) is 0.625. The Morgan fingerprint density at radius 3 is 2.74 bits per heavy atom. The van der Waals surface area contributed by atoms with Crippen LogP contribution < -0.4 is 5.32 Å². The molecule has 3 unspecified atom stereocenters. The van der Waals surface area contributed by atoms with Gasteiger partial charge in [-0.2, -0.15) is 0 Å². The lowest BCUT2D eigenvalue weighted by Crippen LogP contribution is -2.41. The second-order valence-corrected chi connectivity index (χ2v) is 7.58. The van der Waals surface area contributed by atoms with Crippen LogP contribution >= 0.6 is 23.4 Å². The van der Waals surface area contributed by atoms with E-state index in [1.807, 2.05) is 23.9 Å². The first-order valence-electron chi connectivity index (χ1n) is 7.19. The number of benzene rings is 1. The maximum atomic E-state index is 6.08. The van der Waals surface area contributed by atoms with E-state index in [4.69, 9.17) is 11.6 Å². The molecule has 1 fully saturated rings. The zero-order valence-corrected chi connectivity index (χ0v) is 13.6. The lowest BCUT2D eigenvalue weighted by atomic mass is 9.79. The zero-order valence-electron chi connectivity index (χ0n) is 12.0. The van der Waals surface area contributed by atoms with Crippen molar-refractivity contribution < 1.29 is 0 Å². The Morgan fingerprint density at radius 2 is 2.11 bits per heavy atom. The second-order valence-electron chi connectivity index (χ2n) is 5.83. The maximum absolute atomic E-state index is 6.08. The first kappa shape index (κ1) is 15.2. The Labute approximate surface area is 126 Å². The maximum Gasteiger partial charge on any atom is 0.0417 e. The van der Waals surface area contributed by atoms with E-state index in [9.17, 15) is 0 Å². The van der Waals surface area contributed by atoms with Crippen molar-refractivity contribution in [3.63, 3.8) is 0 Å². The van der Waals surface area contributed by atoms with E-state index in [1.54, 1.807) is 0 Å². The molecule has 3 atom stereocenters. The van der Waals surface area contributed by atoms with Gasteiger partial charge in [-0.15, -0.1) is 11.8 Å². The van der Waals surface area contributed by atoms with E-state index in [1.165, 1.54) is 24.2 Å². The topological polar surface area (TPSA) is 12.0 Å². The molecule has 1 N–H and O–H groups in total. The van der Waals surface area contributed by atoms with E-state index in [-0.39, 0.29) is 0 Å². The molecular formula is C16H24ClNS. The summed E-state index contributed by atoms with van der Waals surface area (Å²) >= 11 is 8.07. The van der Waals surface area contributed by atoms with Crippen molar-refractivity contribution >= 4 is 23.4 Å². The smallest absolute Gasteiger partial charge is 0.0417 e. The van der Waals surface area contributed by atoms with Crippen molar-refractivity contribution in [2.75, 3.05) is 7.05 Å². The molecule has 3 heteroatoms. The Kier molecular flexibility index (Phi) is 5.61. The highest BCUT2D eigenvalue weighted by molar-refractivity contribution is 8.00.